The molecule has 1 aromatic carbocycles. The second-order valence-corrected chi connectivity index (χ2v) is 7.66. The molecule has 0 spiro atoms. The van der Waals surface area contributed by atoms with Gasteiger partial charge in [0.25, 0.3) is 0 Å². The Morgan fingerprint density at radius 2 is 1.93 bits per heavy atom. The van der Waals surface area contributed by atoms with Crippen molar-refractivity contribution >= 4 is 22.9 Å². The van der Waals surface area contributed by atoms with Crippen molar-refractivity contribution in [1.82, 2.24) is 0 Å². The minimum atomic E-state index is -1.05. The molecule has 0 saturated heterocycles. The minimum Gasteiger partial charge on any atom is -0.481 e. The van der Waals surface area contributed by atoms with Crippen LogP contribution in [0, 0.1) is 5.92 Å². The van der Waals surface area contributed by atoms with Gasteiger partial charge in [0, 0.05) is 29.5 Å². The number of rotatable bonds is 5. The molecule has 0 fully saturated rings. The van der Waals surface area contributed by atoms with E-state index >= 15 is 0 Å². The van der Waals surface area contributed by atoms with Crippen LogP contribution in [0.5, 0.6) is 5.75 Å². The van der Waals surface area contributed by atoms with Crippen LogP contribution < -0.4 is 10.4 Å². The second-order valence-electron chi connectivity index (χ2n) is 7.66. The van der Waals surface area contributed by atoms with Gasteiger partial charge in [-0.3, -0.25) is 9.59 Å². The molecule has 2 heterocycles. The van der Waals surface area contributed by atoms with Crippen LogP contribution in [-0.4, -0.2) is 23.6 Å². The van der Waals surface area contributed by atoms with E-state index in [0.717, 1.165) is 0 Å². The predicted octanol–water partition coefficient (Wildman–Crippen LogP) is 3.53. The first-order valence-corrected chi connectivity index (χ1v) is 9.29. The van der Waals surface area contributed by atoms with Crippen molar-refractivity contribution in [1.29, 1.82) is 0 Å². The SMILES string of the molecule is CCC(=O)OC(C)(C)[C@@H]1Oc2cc3oc(=O)ccc3cc2[C@H]1OC(=O)C(C)C. The van der Waals surface area contributed by atoms with Crippen molar-refractivity contribution in [2.45, 2.75) is 58.8 Å². The summed E-state index contributed by atoms with van der Waals surface area (Å²) in [7, 11) is 0. The molecule has 0 aliphatic carbocycles. The summed E-state index contributed by atoms with van der Waals surface area (Å²) in [5.74, 6) is -0.670. The van der Waals surface area contributed by atoms with E-state index in [2.05, 4.69) is 0 Å². The number of ether oxygens (including phenoxy) is 3. The lowest BCUT2D eigenvalue weighted by Crippen LogP contribution is -2.46. The molecule has 1 aliphatic rings. The summed E-state index contributed by atoms with van der Waals surface area (Å²) in [4.78, 5) is 35.7. The molecule has 0 amide bonds. The average Bonchev–Trinajstić information content (AvgIpc) is 2.97. The molecule has 150 valence electrons. The van der Waals surface area contributed by atoms with Crippen molar-refractivity contribution in [3.63, 3.8) is 0 Å². The smallest absolute Gasteiger partial charge is 0.336 e. The number of fused-ring (bicyclic) bond motifs is 2. The molecule has 2 aromatic rings. The van der Waals surface area contributed by atoms with Gasteiger partial charge >= 0.3 is 17.6 Å². The summed E-state index contributed by atoms with van der Waals surface area (Å²) in [6.07, 6.45) is -1.29. The van der Waals surface area contributed by atoms with Crippen molar-refractivity contribution in [2.75, 3.05) is 0 Å². The maximum Gasteiger partial charge on any atom is 0.336 e. The van der Waals surface area contributed by atoms with E-state index in [1.54, 1.807) is 52.8 Å². The van der Waals surface area contributed by atoms with Crippen LogP contribution in [0.25, 0.3) is 11.0 Å². The van der Waals surface area contributed by atoms with Gasteiger partial charge in [0.1, 0.15) is 16.9 Å². The number of hydrogen-bond donors (Lipinski definition) is 0. The van der Waals surface area contributed by atoms with Crippen LogP contribution in [0.3, 0.4) is 0 Å². The van der Waals surface area contributed by atoms with Gasteiger partial charge in [-0.25, -0.2) is 4.79 Å². The van der Waals surface area contributed by atoms with Gasteiger partial charge in [-0.1, -0.05) is 20.8 Å². The lowest BCUT2D eigenvalue weighted by Gasteiger charge is -2.33. The fourth-order valence-corrected chi connectivity index (χ4v) is 3.12. The minimum absolute atomic E-state index is 0.217. The van der Waals surface area contributed by atoms with Crippen molar-refractivity contribution in [3.8, 4) is 5.75 Å². The number of benzene rings is 1. The first kappa shape index (κ1) is 19.9. The Kier molecular flexibility index (Phi) is 5.19. The quantitative estimate of drug-likeness (QED) is 0.571. The van der Waals surface area contributed by atoms with E-state index in [1.165, 1.54) is 6.07 Å². The standard InChI is InChI=1S/C21H24O7/c1-6-16(22)28-21(4,5)19-18(27-20(24)11(2)3)13-9-12-7-8-17(23)25-14(12)10-15(13)26-19/h7-11,18-19H,6H2,1-5H3/t18-,19-/m1/s1. The lowest BCUT2D eigenvalue weighted by molar-refractivity contribution is -0.178. The van der Waals surface area contributed by atoms with Crippen LogP contribution >= 0.6 is 0 Å². The average molecular weight is 388 g/mol. The van der Waals surface area contributed by atoms with Crippen LogP contribution in [0.4, 0.5) is 0 Å². The van der Waals surface area contributed by atoms with Gasteiger partial charge in [0.2, 0.25) is 0 Å². The van der Waals surface area contributed by atoms with Crippen LogP contribution in [-0.2, 0) is 19.1 Å². The van der Waals surface area contributed by atoms with E-state index in [4.69, 9.17) is 18.6 Å². The van der Waals surface area contributed by atoms with E-state index in [0.29, 0.717) is 22.3 Å². The summed E-state index contributed by atoms with van der Waals surface area (Å²) in [6.45, 7) is 8.62. The van der Waals surface area contributed by atoms with E-state index in [1.807, 2.05) is 0 Å². The Labute approximate surface area is 162 Å². The summed E-state index contributed by atoms with van der Waals surface area (Å²) in [6, 6.07) is 6.33. The molecule has 0 unspecified atom stereocenters. The van der Waals surface area contributed by atoms with Crippen LogP contribution in [0.1, 0.15) is 52.7 Å². The molecule has 7 nitrogen and oxygen atoms in total. The van der Waals surface area contributed by atoms with Gasteiger partial charge in [-0.15, -0.1) is 0 Å². The highest BCUT2D eigenvalue weighted by Crippen LogP contribution is 2.45. The Bertz CT molecular complexity index is 970. The largest absolute Gasteiger partial charge is 0.481 e. The third-order valence-electron chi connectivity index (χ3n) is 4.65. The van der Waals surface area contributed by atoms with E-state index in [9.17, 15) is 14.4 Å². The molecule has 0 N–H and O–H groups in total. The number of hydrogen-bond acceptors (Lipinski definition) is 7. The molecule has 1 aliphatic heterocycles. The fourth-order valence-electron chi connectivity index (χ4n) is 3.12. The highest BCUT2D eigenvalue weighted by Gasteiger charge is 2.49. The maximum atomic E-state index is 12.3. The fraction of sp³-hybridized carbons (Fsp3) is 0.476. The lowest BCUT2D eigenvalue weighted by atomic mass is 9.93. The summed E-state index contributed by atoms with van der Waals surface area (Å²) in [5, 5.41) is 0.677. The molecule has 1 aromatic heterocycles. The van der Waals surface area contributed by atoms with Crippen molar-refractivity contribution in [3.05, 3.63) is 40.2 Å². The predicted molar refractivity (Wildman–Crippen MR) is 101 cm³/mol. The van der Waals surface area contributed by atoms with Gasteiger partial charge in [-0.2, -0.15) is 0 Å². The normalized spacial score (nSPS) is 18.6. The highest BCUT2D eigenvalue weighted by atomic mass is 16.6. The third-order valence-corrected chi connectivity index (χ3v) is 4.65. The summed E-state index contributed by atoms with van der Waals surface area (Å²) < 4.78 is 22.6. The maximum absolute atomic E-state index is 12.3. The number of esters is 2. The van der Waals surface area contributed by atoms with E-state index < -0.39 is 23.4 Å². The Morgan fingerprint density at radius 1 is 1.21 bits per heavy atom. The topological polar surface area (TPSA) is 92.0 Å². The molecule has 0 saturated carbocycles. The Balaban J connectivity index is 2.06. The monoisotopic (exact) mass is 388 g/mol. The molecule has 3 rings (SSSR count). The summed E-state index contributed by atoms with van der Waals surface area (Å²) in [5.41, 5.74) is -0.520. The first-order valence-electron chi connectivity index (χ1n) is 9.29. The zero-order chi connectivity index (χ0) is 20.6. The van der Waals surface area contributed by atoms with E-state index in [-0.39, 0.29) is 24.3 Å². The molecule has 2 atom stereocenters. The number of carbonyl (C=O) groups excluding carboxylic acids is 2. The van der Waals surface area contributed by atoms with Gasteiger partial charge in [0.15, 0.2) is 12.2 Å². The molecular formula is C21H24O7. The molecule has 0 bridgehead atoms. The zero-order valence-corrected chi connectivity index (χ0v) is 16.6. The second kappa shape index (κ2) is 7.30. The molecule has 28 heavy (non-hydrogen) atoms. The highest BCUT2D eigenvalue weighted by molar-refractivity contribution is 5.80. The molecular weight excluding hydrogens is 364 g/mol. The zero-order valence-electron chi connectivity index (χ0n) is 16.6. The van der Waals surface area contributed by atoms with Gasteiger partial charge in [0.05, 0.1) is 5.92 Å². The third kappa shape index (κ3) is 3.74. The van der Waals surface area contributed by atoms with Crippen LogP contribution in [0.2, 0.25) is 0 Å². The first-order chi connectivity index (χ1) is 13.1. The van der Waals surface area contributed by atoms with Gasteiger partial charge < -0.3 is 18.6 Å². The molecule has 7 heteroatoms. The molecule has 0 radical (unpaired) electrons. The van der Waals surface area contributed by atoms with Gasteiger partial charge in [-0.05, 0) is 26.0 Å². The summed E-state index contributed by atoms with van der Waals surface area (Å²) >= 11 is 0. The Morgan fingerprint density at radius 3 is 2.57 bits per heavy atom. The Hall–Kier alpha value is -2.83. The number of carbonyl (C=O) groups is 2. The van der Waals surface area contributed by atoms with Crippen molar-refractivity contribution in [2.24, 2.45) is 5.92 Å². The van der Waals surface area contributed by atoms with Crippen molar-refractivity contribution < 1.29 is 28.2 Å². The van der Waals surface area contributed by atoms with Crippen LogP contribution in [0.15, 0.2) is 33.5 Å².